The summed E-state index contributed by atoms with van der Waals surface area (Å²) >= 11 is 0. The number of hydrogen-bond donors (Lipinski definition) is 1. The summed E-state index contributed by atoms with van der Waals surface area (Å²) in [5.74, 6) is 4.03. The number of benzene rings is 3. The van der Waals surface area contributed by atoms with Crippen molar-refractivity contribution in [3.63, 3.8) is 0 Å². The van der Waals surface area contributed by atoms with E-state index >= 15 is 0 Å². The van der Waals surface area contributed by atoms with E-state index in [1.807, 2.05) is 31.3 Å². The van der Waals surface area contributed by atoms with Crippen molar-refractivity contribution in [1.82, 2.24) is 4.90 Å². The molecule has 1 N–H and O–H groups in total. The van der Waals surface area contributed by atoms with Gasteiger partial charge in [0.25, 0.3) is 0 Å². The Kier molecular flexibility index (Phi) is 10.1. The molecule has 2 aliphatic heterocycles. The molecule has 2 fully saturated rings. The first-order chi connectivity index (χ1) is 21.0. The number of nitrogens with one attached hydrogen (secondary N) is 1. The van der Waals surface area contributed by atoms with Gasteiger partial charge in [0.05, 0.1) is 20.3 Å². The van der Waals surface area contributed by atoms with Gasteiger partial charge in [-0.2, -0.15) is 0 Å². The van der Waals surface area contributed by atoms with Crippen LogP contribution in [-0.4, -0.2) is 51.8 Å². The predicted octanol–water partition coefficient (Wildman–Crippen LogP) is 7.10. The number of aryl methyl sites for hydroxylation is 3. The average molecular weight is 587 g/mol. The Balaban J connectivity index is 0.000000239. The van der Waals surface area contributed by atoms with Crippen molar-refractivity contribution < 1.29 is 23.7 Å². The largest absolute Gasteiger partial charge is 0.493 e. The van der Waals surface area contributed by atoms with Crippen molar-refractivity contribution in [1.29, 1.82) is 0 Å². The van der Waals surface area contributed by atoms with E-state index in [4.69, 9.17) is 18.9 Å². The lowest BCUT2D eigenvalue weighted by Gasteiger charge is -2.22. The van der Waals surface area contributed by atoms with Gasteiger partial charge in [0, 0.05) is 25.3 Å². The molecule has 3 aliphatic rings. The van der Waals surface area contributed by atoms with Crippen LogP contribution in [0.25, 0.3) is 0 Å². The number of likely N-dealkylation sites (tertiary alicyclic amines) is 1. The second-order valence-electron chi connectivity index (χ2n) is 11.8. The number of carbonyl (C=O) groups excluding carboxylic acids is 1. The monoisotopic (exact) mass is 586 g/mol. The second-order valence-corrected chi connectivity index (χ2v) is 11.8. The standard InChI is InChI=1S/C24H27NO5.C12H19N/c1-27-22-11-18(12-23-24(22)30-15-29-23)19-10-21(25(13-19)8-9-26)17-4-6-20(7-5-17)28-14-16-2-3-16;1-5-10-7-9(3)8-11(6-2)12(10)13-4/h4-7,9,11-12,16,19,21H,2-3,8,10,13-15H2,1H3;7-8,13H,5-6H2,1-4H3/t19-,21-;/m1./s1. The van der Waals surface area contributed by atoms with Gasteiger partial charge in [-0.25, -0.2) is 0 Å². The molecule has 2 heterocycles. The Morgan fingerprint density at radius 3 is 2.33 bits per heavy atom. The number of fused-ring (bicyclic) bond motifs is 1. The third kappa shape index (κ3) is 7.27. The van der Waals surface area contributed by atoms with Gasteiger partial charge in [-0.05, 0) is 97.4 Å². The molecule has 6 rings (SSSR count). The molecule has 0 unspecified atom stereocenters. The lowest BCUT2D eigenvalue weighted by atomic mass is 9.93. The van der Waals surface area contributed by atoms with E-state index in [1.54, 1.807) is 7.11 Å². The molecule has 0 amide bonds. The second kappa shape index (κ2) is 14.2. The molecule has 7 nitrogen and oxygen atoms in total. The van der Waals surface area contributed by atoms with Crippen molar-refractivity contribution in [3.05, 3.63) is 76.3 Å². The number of carbonyl (C=O) groups is 1. The van der Waals surface area contributed by atoms with Crippen LogP contribution in [0.3, 0.4) is 0 Å². The summed E-state index contributed by atoms with van der Waals surface area (Å²) in [6.07, 6.45) is 6.69. The maximum atomic E-state index is 11.3. The Morgan fingerprint density at radius 1 is 1.00 bits per heavy atom. The highest BCUT2D eigenvalue weighted by Gasteiger charge is 2.35. The zero-order valence-corrected chi connectivity index (χ0v) is 26.3. The molecule has 0 bridgehead atoms. The molecule has 2 atom stereocenters. The molecule has 0 radical (unpaired) electrons. The number of nitrogens with zero attached hydrogens (tertiary/aromatic N) is 1. The normalized spacial score (nSPS) is 19.0. The third-order valence-corrected chi connectivity index (χ3v) is 8.77. The lowest BCUT2D eigenvalue weighted by molar-refractivity contribution is -0.109. The number of rotatable bonds is 11. The Labute approximate surface area is 256 Å². The van der Waals surface area contributed by atoms with Gasteiger partial charge in [-0.15, -0.1) is 0 Å². The third-order valence-electron chi connectivity index (χ3n) is 8.77. The number of anilines is 1. The summed E-state index contributed by atoms with van der Waals surface area (Å²) in [5.41, 5.74) is 7.92. The molecule has 7 heteroatoms. The van der Waals surface area contributed by atoms with Crippen molar-refractivity contribution in [3.8, 4) is 23.0 Å². The molecule has 0 aromatic heterocycles. The Hall–Kier alpha value is -3.71. The van der Waals surface area contributed by atoms with Gasteiger partial charge in [0.1, 0.15) is 12.0 Å². The van der Waals surface area contributed by atoms with Gasteiger partial charge >= 0.3 is 0 Å². The van der Waals surface area contributed by atoms with Crippen LogP contribution < -0.4 is 24.3 Å². The molecular weight excluding hydrogens is 540 g/mol. The number of hydrogen-bond acceptors (Lipinski definition) is 7. The molecule has 43 heavy (non-hydrogen) atoms. The molecule has 3 aromatic rings. The van der Waals surface area contributed by atoms with Gasteiger partial charge in [0.15, 0.2) is 11.5 Å². The minimum Gasteiger partial charge on any atom is -0.493 e. The fourth-order valence-electron chi connectivity index (χ4n) is 6.28. The molecule has 230 valence electrons. The van der Waals surface area contributed by atoms with Gasteiger partial charge < -0.3 is 29.1 Å². The number of methoxy groups -OCH3 is 1. The highest BCUT2D eigenvalue weighted by atomic mass is 16.7. The first kappa shape index (κ1) is 30.7. The van der Waals surface area contributed by atoms with E-state index in [9.17, 15) is 4.79 Å². The van der Waals surface area contributed by atoms with Gasteiger partial charge in [-0.1, -0.05) is 43.7 Å². The van der Waals surface area contributed by atoms with Crippen LogP contribution in [0.1, 0.15) is 72.9 Å². The molecule has 1 aliphatic carbocycles. The van der Waals surface area contributed by atoms with Gasteiger partial charge in [0.2, 0.25) is 12.5 Å². The zero-order chi connectivity index (χ0) is 30.3. The fraction of sp³-hybridized carbons (Fsp3) is 0.472. The summed E-state index contributed by atoms with van der Waals surface area (Å²) in [7, 11) is 3.65. The molecule has 0 spiro atoms. The minimum absolute atomic E-state index is 0.189. The quantitative estimate of drug-likeness (QED) is 0.240. The van der Waals surface area contributed by atoms with Crippen molar-refractivity contribution in [2.24, 2.45) is 5.92 Å². The highest BCUT2D eigenvalue weighted by molar-refractivity contribution is 5.59. The van der Waals surface area contributed by atoms with Crippen LogP contribution in [0.15, 0.2) is 48.5 Å². The highest BCUT2D eigenvalue weighted by Crippen LogP contribution is 2.47. The van der Waals surface area contributed by atoms with E-state index in [-0.39, 0.29) is 18.8 Å². The summed E-state index contributed by atoms with van der Waals surface area (Å²) in [5, 5.41) is 3.29. The van der Waals surface area contributed by atoms with Crippen LogP contribution in [-0.2, 0) is 17.6 Å². The van der Waals surface area contributed by atoms with Crippen LogP contribution in [0, 0.1) is 12.8 Å². The summed E-state index contributed by atoms with van der Waals surface area (Å²) < 4.78 is 22.5. The maximum Gasteiger partial charge on any atom is 0.231 e. The van der Waals surface area contributed by atoms with Crippen LogP contribution in [0.5, 0.6) is 23.0 Å². The van der Waals surface area contributed by atoms with Crippen LogP contribution >= 0.6 is 0 Å². The number of ether oxygens (including phenoxy) is 4. The first-order valence-corrected chi connectivity index (χ1v) is 15.7. The van der Waals surface area contributed by atoms with Gasteiger partial charge in [-0.3, -0.25) is 4.90 Å². The van der Waals surface area contributed by atoms with E-state index in [0.717, 1.165) is 61.7 Å². The van der Waals surface area contributed by atoms with Crippen molar-refractivity contribution >= 4 is 12.0 Å². The zero-order valence-electron chi connectivity index (χ0n) is 26.3. The summed E-state index contributed by atoms with van der Waals surface area (Å²) in [6, 6.07) is 17.2. The van der Waals surface area contributed by atoms with Crippen LogP contribution in [0.2, 0.25) is 0 Å². The molecular formula is C36H46N2O5. The first-order valence-electron chi connectivity index (χ1n) is 15.7. The minimum atomic E-state index is 0.189. The van der Waals surface area contributed by atoms with E-state index < -0.39 is 0 Å². The lowest BCUT2D eigenvalue weighted by Crippen LogP contribution is -2.25. The predicted molar refractivity (Wildman–Crippen MR) is 171 cm³/mol. The SMILES string of the molecule is CCc1cc(C)cc(CC)c1NC.COc1cc([C@@H]2C[C@H](c3ccc(OCC4CC4)cc3)N(CC=O)C2)cc2c1OCO2. The topological polar surface area (TPSA) is 69.3 Å². The Morgan fingerprint density at radius 2 is 1.72 bits per heavy atom. The summed E-state index contributed by atoms with van der Waals surface area (Å²) in [6.45, 7) is 8.83. The Bertz CT molecular complexity index is 1360. The van der Waals surface area contributed by atoms with E-state index in [1.165, 1.54) is 40.8 Å². The van der Waals surface area contributed by atoms with Crippen molar-refractivity contribution in [2.45, 2.75) is 64.8 Å². The van der Waals surface area contributed by atoms with E-state index in [0.29, 0.717) is 18.0 Å². The van der Waals surface area contributed by atoms with Crippen LogP contribution in [0.4, 0.5) is 5.69 Å². The number of aldehydes is 1. The van der Waals surface area contributed by atoms with Crippen molar-refractivity contribution in [2.75, 3.05) is 46.0 Å². The maximum absolute atomic E-state index is 11.3. The fourth-order valence-corrected chi connectivity index (χ4v) is 6.28. The molecule has 1 saturated heterocycles. The summed E-state index contributed by atoms with van der Waals surface area (Å²) in [4.78, 5) is 13.6. The van der Waals surface area contributed by atoms with E-state index in [2.05, 4.69) is 55.3 Å². The average Bonchev–Trinajstić information content (AvgIpc) is 3.57. The molecule has 3 aromatic carbocycles. The molecule has 1 saturated carbocycles. The smallest absolute Gasteiger partial charge is 0.231 e.